The lowest BCUT2D eigenvalue weighted by atomic mass is 9.95. The third kappa shape index (κ3) is 6.03. The summed E-state index contributed by atoms with van der Waals surface area (Å²) in [5, 5.41) is 0.925. The maximum Gasteiger partial charge on any atom is 0.242 e. The maximum atomic E-state index is 14.2. The van der Waals surface area contributed by atoms with E-state index in [0.717, 1.165) is 26.5 Å². The SMILES string of the molecule is COc1nc2ccc(Br)cc2cc1C(c1ccccc1)N(C(=O)CN1CCOCC1)c1ccc(C(C)=O)cc1. The lowest BCUT2D eigenvalue weighted by Gasteiger charge is -2.35. The van der Waals surface area contributed by atoms with Crippen LogP contribution in [0.3, 0.4) is 0 Å². The summed E-state index contributed by atoms with van der Waals surface area (Å²) >= 11 is 3.57. The van der Waals surface area contributed by atoms with Crippen LogP contribution in [-0.4, -0.2) is 61.5 Å². The Balaban J connectivity index is 1.70. The zero-order valence-corrected chi connectivity index (χ0v) is 23.6. The Hall–Kier alpha value is -3.59. The molecule has 0 bridgehead atoms. The fourth-order valence-electron chi connectivity index (χ4n) is 4.93. The molecular formula is C31H30BrN3O4. The van der Waals surface area contributed by atoms with E-state index in [1.54, 1.807) is 24.1 Å². The molecule has 3 aromatic carbocycles. The molecule has 1 unspecified atom stereocenters. The molecule has 0 N–H and O–H groups in total. The Morgan fingerprint density at radius 3 is 2.41 bits per heavy atom. The van der Waals surface area contributed by atoms with Gasteiger partial charge in [-0.05, 0) is 61.0 Å². The number of benzene rings is 3. The first kappa shape index (κ1) is 27.0. The highest BCUT2D eigenvalue weighted by Crippen LogP contribution is 2.39. The molecule has 0 saturated carbocycles. The molecule has 1 atom stereocenters. The smallest absolute Gasteiger partial charge is 0.242 e. The standard InChI is InChI=1S/C31H30BrN3O4/c1-21(36)22-8-11-26(12-9-22)35(29(37)20-34-14-16-39-17-15-34)30(23-6-4-3-5-7-23)27-19-24-18-25(32)10-13-28(24)33-31(27)38-2/h3-13,18-19,30H,14-17,20H2,1-2H3. The van der Waals surface area contributed by atoms with Crippen LogP contribution in [0.2, 0.25) is 0 Å². The number of Topliss-reactive ketones (excluding diaryl/α,β-unsaturated/α-hetero) is 1. The Kier molecular flexibility index (Phi) is 8.35. The van der Waals surface area contributed by atoms with Crippen molar-refractivity contribution in [1.82, 2.24) is 9.88 Å². The first-order valence-corrected chi connectivity index (χ1v) is 13.7. The molecule has 5 rings (SSSR count). The summed E-state index contributed by atoms with van der Waals surface area (Å²) in [6.07, 6.45) is 0. The molecule has 7 nitrogen and oxygen atoms in total. The van der Waals surface area contributed by atoms with Crippen molar-refractivity contribution in [2.24, 2.45) is 0 Å². The minimum Gasteiger partial charge on any atom is -0.481 e. The van der Waals surface area contributed by atoms with Gasteiger partial charge in [0.05, 0.1) is 38.4 Å². The fraction of sp³-hybridized carbons (Fsp3) is 0.258. The van der Waals surface area contributed by atoms with E-state index < -0.39 is 6.04 Å². The molecule has 200 valence electrons. The van der Waals surface area contributed by atoms with Crippen molar-refractivity contribution in [3.05, 3.63) is 100 Å². The number of anilines is 1. The Labute approximate surface area is 236 Å². The normalized spacial score (nSPS) is 14.6. The van der Waals surface area contributed by atoms with Crippen LogP contribution in [0.15, 0.2) is 83.3 Å². The van der Waals surface area contributed by atoms with Gasteiger partial charge >= 0.3 is 0 Å². The van der Waals surface area contributed by atoms with Gasteiger partial charge in [-0.3, -0.25) is 19.4 Å². The number of hydrogen-bond donors (Lipinski definition) is 0. The van der Waals surface area contributed by atoms with Gasteiger partial charge in [-0.2, -0.15) is 0 Å². The van der Waals surface area contributed by atoms with Crippen LogP contribution in [0, 0.1) is 0 Å². The number of ketones is 1. The number of fused-ring (bicyclic) bond motifs is 1. The number of halogens is 1. The zero-order chi connectivity index (χ0) is 27.4. The predicted octanol–water partition coefficient (Wildman–Crippen LogP) is 5.66. The summed E-state index contributed by atoms with van der Waals surface area (Å²) in [7, 11) is 1.60. The minimum atomic E-state index is -0.534. The van der Waals surface area contributed by atoms with Crippen molar-refractivity contribution in [1.29, 1.82) is 0 Å². The molecule has 0 radical (unpaired) electrons. The van der Waals surface area contributed by atoms with Crippen LogP contribution in [0.5, 0.6) is 5.88 Å². The molecule has 1 aromatic heterocycles. The van der Waals surface area contributed by atoms with E-state index in [1.165, 1.54) is 6.92 Å². The van der Waals surface area contributed by atoms with Gasteiger partial charge in [0.1, 0.15) is 0 Å². The van der Waals surface area contributed by atoms with Crippen LogP contribution in [0.4, 0.5) is 5.69 Å². The summed E-state index contributed by atoms with van der Waals surface area (Å²) in [5.74, 6) is 0.347. The lowest BCUT2D eigenvalue weighted by Crippen LogP contribution is -2.46. The second-order valence-electron chi connectivity index (χ2n) is 9.49. The highest BCUT2D eigenvalue weighted by Gasteiger charge is 2.32. The van der Waals surface area contributed by atoms with Gasteiger partial charge in [0, 0.05) is 39.8 Å². The Morgan fingerprint density at radius 2 is 1.74 bits per heavy atom. The largest absolute Gasteiger partial charge is 0.481 e. The van der Waals surface area contributed by atoms with E-state index in [4.69, 9.17) is 14.5 Å². The van der Waals surface area contributed by atoms with E-state index >= 15 is 0 Å². The lowest BCUT2D eigenvalue weighted by molar-refractivity contribution is -0.121. The van der Waals surface area contributed by atoms with Crippen LogP contribution in [0.25, 0.3) is 10.9 Å². The monoisotopic (exact) mass is 587 g/mol. The summed E-state index contributed by atoms with van der Waals surface area (Å²) in [4.78, 5) is 35.0. The number of carbonyl (C=O) groups excluding carboxylic acids is 2. The summed E-state index contributed by atoms with van der Waals surface area (Å²) in [5.41, 5.74) is 3.75. The van der Waals surface area contributed by atoms with Gasteiger partial charge in [0.15, 0.2) is 5.78 Å². The number of morpholine rings is 1. The van der Waals surface area contributed by atoms with E-state index in [0.29, 0.717) is 43.4 Å². The molecule has 0 aliphatic carbocycles. The molecule has 1 aliphatic heterocycles. The molecule has 1 fully saturated rings. The average Bonchev–Trinajstić information content (AvgIpc) is 2.96. The summed E-state index contributed by atoms with van der Waals surface area (Å²) in [6.45, 7) is 4.34. The number of amides is 1. The number of carbonyl (C=O) groups is 2. The van der Waals surface area contributed by atoms with Crippen molar-refractivity contribution in [2.45, 2.75) is 13.0 Å². The zero-order valence-electron chi connectivity index (χ0n) is 22.0. The third-order valence-electron chi connectivity index (χ3n) is 6.91. The molecule has 39 heavy (non-hydrogen) atoms. The van der Waals surface area contributed by atoms with Crippen molar-refractivity contribution < 1.29 is 19.1 Å². The molecule has 8 heteroatoms. The van der Waals surface area contributed by atoms with Crippen LogP contribution in [0.1, 0.15) is 34.5 Å². The Bertz CT molecular complexity index is 1470. The molecule has 1 saturated heterocycles. The third-order valence-corrected chi connectivity index (χ3v) is 7.41. The summed E-state index contributed by atoms with van der Waals surface area (Å²) < 4.78 is 12.3. The number of ether oxygens (including phenoxy) is 2. The van der Waals surface area contributed by atoms with Crippen LogP contribution < -0.4 is 9.64 Å². The molecular weight excluding hydrogens is 558 g/mol. The number of methoxy groups -OCH3 is 1. The van der Waals surface area contributed by atoms with E-state index in [2.05, 4.69) is 20.8 Å². The molecule has 2 heterocycles. The minimum absolute atomic E-state index is 0.0293. The van der Waals surface area contributed by atoms with Crippen molar-refractivity contribution in [3.8, 4) is 5.88 Å². The van der Waals surface area contributed by atoms with Crippen molar-refractivity contribution in [2.75, 3.05) is 44.9 Å². The second kappa shape index (κ2) is 12.1. The van der Waals surface area contributed by atoms with Crippen molar-refractivity contribution in [3.63, 3.8) is 0 Å². The van der Waals surface area contributed by atoms with Gasteiger partial charge in [-0.15, -0.1) is 0 Å². The van der Waals surface area contributed by atoms with E-state index in [9.17, 15) is 9.59 Å². The van der Waals surface area contributed by atoms with Gasteiger partial charge in [-0.25, -0.2) is 4.98 Å². The quantitative estimate of drug-likeness (QED) is 0.248. The summed E-state index contributed by atoms with van der Waals surface area (Å²) in [6, 6.07) is 24.5. The highest BCUT2D eigenvalue weighted by atomic mass is 79.9. The Morgan fingerprint density at radius 1 is 1.03 bits per heavy atom. The first-order chi connectivity index (χ1) is 18.9. The second-order valence-corrected chi connectivity index (χ2v) is 10.4. The molecule has 4 aromatic rings. The number of rotatable bonds is 8. The highest BCUT2D eigenvalue weighted by molar-refractivity contribution is 9.10. The van der Waals surface area contributed by atoms with Gasteiger partial charge in [-0.1, -0.05) is 46.3 Å². The van der Waals surface area contributed by atoms with E-state index in [-0.39, 0.29) is 18.2 Å². The van der Waals surface area contributed by atoms with Gasteiger partial charge in [0.2, 0.25) is 11.8 Å². The number of nitrogens with zero attached hydrogens (tertiary/aromatic N) is 3. The van der Waals surface area contributed by atoms with E-state index in [1.807, 2.05) is 66.7 Å². The van der Waals surface area contributed by atoms with Gasteiger partial charge in [0.25, 0.3) is 0 Å². The first-order valence-electron chi connectivity index (χ1n) is 12.9. The molecule has 1 aliphatic rings. The molecule has 1 amide bonds. The predicted molar refractivity (Wildman–Crippen MR) is 155 cm³/mol. The molecule has 0 spiro atoms. The topological polar surface area (TPSA) is 72.0 Å². The van der Waals surface area contributed by atoms with Crippen LogP contribution in [-0.2, 0) is 9.53 Å². The number of pyridine rings is 1. The number of aromatic nitrogens is 1. The van der Waals surface area contributed by atoms with Crippen LogP contribution >= 0.6 is 15.9 Å². The van der Waals surface area contributed by atoms with Crippen molar-refractivity contribution >= 4 is 44.2 Å². The fourth-order valence-corrected chi connectivity index (χ4v) is 5.31. The van der Waals surface area contributed by atoms with Gasteiger partial charge < -0.3 is 9.47 Å². The number of hydrogen-bond acceptors (Lipinski definition) is 6. The average molecular weight is 589 g/mol. The maximum absolute atomic E-state index is 14.2.